The third-order valence-corrected chi connectivity index (χ3v) is 3.00. The van der Waals surface area contributed by atoms with Crippen LogP contribution in [0.4, 0.5) is 0 Å². The maximum absolute atomic E-state index is 12.2. The Morgan fingerprint density at radius 3 is 2.88 bits per heavy atom. The minimum Gasteiger partial charge on any atom is -0.336 e. The average molecular weight is 220 g/mol. The van der Waals surface area contributed by atoms with Crippen LogP contribution in [0.5, 0.6) is 0 Å². The fourth-order valence-electron chi connectivity index (χ4n) is 2.01. The van der Waals surface area contributed by atoms with Crippen molar-refractivity contribution in [2.45, 2.75) is 19.4 Å². The van der Waals surface area contributed by atoms with Gasteiger partial charge in [-0.1, -0.05) is 18.2 Å². The molecule has 1 aromatic rings. The molecular formula is C12H16N2O2. The molecule has 1 fully saturated rings. The highest BCUT2D eigenvalue weighted by Gasteiger charge is 2.27. The third-order valence-electron chi connectivity index (χ3n) is 3.00. The molecular weight excluding hydrogens is 204 g/mol. The maximum atomic E-state index is 12.2. The first-order valence-corrected chi connectivity index (χ1v) is 5.43. The molecule has 2 N–H and O–H groups in total. The number of carbonyl (C=O) groups is 1. The van der Waals surface area contributed by atoms with Gasteiger partial charge in [0.15, 0.2) is 0 Å². The fraction of sp³-hybridized carbons (Fsp3) is 0.417. The Morgan fingerprint density at radius 1 is 1.50 bits per heavy atom. The number of benzene rings is 1. The summed E-state index contributed by atoms with van der Waals surface area (Å²) in [5, 5.41) is 0. The molecule has 1 aromatic carbocycles. The molecule has 4 nitrogen and oxygen atoms in total. The maximum Gasteiger partial charge on any atom is 0.254 e. The van der Waals surface area contributed by atoms with E-state index in [0.29, 0.717) is 6.54 Å². The minimum atomic E-state index is -0.0204. The van der Waals surface area contributed by atoms with Crippen molar-refractivity contribution in [2.75, 3.05) is 13.1 Å². The van der Waals surface area contributed by atoms with Crippen LogP contribution in [0.1, 0.15) is 22.3 Å². The standard InChI is InChI=1S/C12H16N2O2/c1-9-4-2-3-5-11(9)12(15)14-7-6-10(8-14)16-13/h2-5,10H,6-8,13H2,1H3. The molecule has 1 amide bonds. The number of aryl methyl sites for hydroxylation is 1. The summed E-state index contributed by atoms with van der Waals surface area (Å²) in [4.78, 5) is 18.7. The van der Waals surface area contributed by atoms with Gasteiger partial charge in [-0.05, 0) is 25.0 Å². The van der Waals surface area contributed by atoms with Crippen molar-refractivity contribution in [3.05, 3.63) is 35.4 Å². The molecule has 0 aliphatic carbocycles. The molecule has 1 aliphatic heterocycles. The fourth-order valence-corrected chi connectivity index (χ4v) is 2.01. The number of nitrogens with two attached hydrogens (primary N) is 1. The monoisotopic (exact) mass is 220 g/mol. The summed E-state index contributed by atoms with van der Waals surface area (Å²) in [6, 6.07) is 7.61. The average Bonchev–Trinajstić information content (AvgIpc) is 2.77. The lowest BCUT2D eigenvalue weighted by Crippen LogP contribution is -2.31. The minimum absolute atomic E-state index is 0.0204. The van der Waals surface area contributed by atoms with E-state index in [0.717, 1.165) is 24.1 Å². The number of carbonyl (C=O) groups excluding carboxylic acids is 1. The predicted molar refractivity (Wildman–Crippen MR) is 60.8 cm³/mol. The van der Waals surface area contributed by atoms with Crippen molar-refractivity contribution in [3.8, 4) is 0 Å². The van der Waals surface area contributed by atoms with Crippen LogP contribution >= 0.6 is 0 Å². The van der Waals surface area contributed by atoms with Crippen molar-refractivity contribution in [1.82, 2.24) is 4.90 Å². The largest absolute Gasteiger partial charge is 0.336 e. The molecule has 0 bridgehead atoms. The van der Waals surface area contributed by atoms with Crippen molar-refractivity contribution >= 4 is 5.91 Å². The summed E-state index contributed by atoms with van der Waals surface area (Å²) in [5.41, 5.74) is 1.77. The molecule has 2 rings (SSSR count). The van der Waals surface area contributed by atoms with Crippen molar-refractivity contribution in [1.29, 1.82) is 0 Å². The van der Waals surface area contributed by atoms with Crippen LogP contribution in [-0.2, 0) is 4.84 Å². The van der Waals surface area contributed by atoms with Crippen LogP contribution in [-0.4, -0.2) is 30.0 Å². The molecule has 86 valence electrons. The van der Waals surface area contributed by atoms with Gasteiger partial charge in [-0.15, -0.1) is 0 Å². The normalized spacial score (nSPS) is 20.1. The Morgan fingerprint density at radius 2 is 2.25 bits per heavy atom. The third kappa shape index (κ3) is 2.08. The SMILES string of the molecule is Cc1ccccc1C(=O)N1CCC(ON)C1. The summed E-state index contributed by atoms with van der Waals surface area (Å²) < 4.78 is 0. The first-order chi connectivity index (χ1) is 7.72. The lowest BCUT2D eigenvalue weighted by atomic mass is 10.1. The molecule has 16 heavy (non-hydrogen) atoms. The summed E-state index contributed by atoms with van der Waals surface area (Å²) >= 11 is 0. The van der Waals surface area contributed by atoms with Crippen LogP contribution in [0, 0.1) is 6.92 Å². The molecule has 4 heteroatoms. The highest BCUT2D eigenvalue weighted by Crippen LogP contribution is 2.16. The van der Waals surface area contributed by atoms with Gasteiger partial charge in [-0.25, -0.2) is 5.90 Å². The zero-order valence-corrected chi connectivity index (χ0v) is 9.35. The number of hydrogen-bond acceptors (Lipinski definition) is 3. The molecule has 1 heterocycles. The number of hydrogen-bond donors (Lipinski definition) is 1. The van der Waals surface area contributed by atoms with Crippen LogP contribution in [0.15, 0.2) is 24.3 Å². The van der Waals surface area contributed by atoms with E-state index >= 15 is 0 Å². The molecule has 1 unspecified atom stereocenters. The van der Waals surface area contributed by atoms with E-state index in [1.165, 1.54) is 0 Å². The zero-order chi connectivity index (χ0) is 11.5. The van der Waals surface area contributed by atoms with Crippen LogP contribution in [0.2, 0.25) is 0 Å². The zero-order valence-electron chi connectivity index (χ0n) is 9.35. The molecule has 0 saturated carbocycles. The van der Waals surface area contributed by atoms with Crippen LogP contribution < -0.4 is 5.90 Å². The summed E-state index contributed by atoms with van der Waals surface area (Å²) in [5.74, 6) is 5.19. The predicted octanol–water partition coefficient (Wildman–Crippen LogP) is 1.10. The molecule has 0 radical (unpaired) electrons. The van der Waals surface area contributed by atoms with E-state index in [4.69, 9.17) is 10.7 Å². The number of likely N-dealkylation sites (tertiary alicyclic amines) is 1. The number of nitrogens with zero attached hydrogens (tertiary/aromatic N) is 1. The molecule has 1 atom stereocenters. The number of rotatable bonds is 2. The van der Waals surface area contributed by atoms with Gasteiger partial charge in [0.1, 0.15) is 0 Å². The Hall–Kier alpha value is -1.39. The Kier molecular flexibility index (Phi) is 3.22. The number of amides is 1. The molecule has 1 saturated heterocycles. The second-order valence-corrected chi connectivity index (χ2v) is 4.11. The van der Waals surface area contributed by atoms with Gasteiger partial charge in [0.05, 0.1) is 6.10 Å². The van der Waals surface area contributed by atoms with Crippen LogP contribution in [0.3, 0.4) is 0 Å². The summed E-state index contributed by atoms with van der Waals surface area (Å²) in [7, 11) is 0. The van der Waals surface area contributed by atoms with Crippen molar-refractivity contribution < 1.29 is 9.63 Å². The Labute approximate surface area is 94.9 Å². The van der Waals surface area contributed by atoms with Gasteiger partial charge in [0.2, 0.25) is 0 Å². The van der Waals surface area contributed by atoms with Crippen molar-refractivity contribution in [2.24, 2.45) is 5.90 Å². The Balaban J connectivity index is 2.12. The summed E-state index contributed by atoms with van der Waals surface area (Å²) in [6.07, 6.45) is 0.793. The lowest BCUT2D eigenvalue weighted by Gasteiger charge is -2.17. The smallest absolute Gasteiger partial charge is 0.254 e. The van der Waals surface area contributed by atoms with Crippen LogP contribution in [0.25, 0.3) is 0 Å². The van der Waals surface area contributed by atoms with Crippen molar-refractivity contribution in [3.63, 3.8) is 0 Å². The second kappa shape index (κ2) is 4.63. The second-order valence-electron chi connectivity index (χ2n) is 4.11. The van der Waals surface area contributed by atoms with E-state index in [1.807, 2.05) is 31.2 Å². The van der Waals surface area contributed by atoms with E-state index < -0.39 is 0 Å². The first kappa shape index (κ1) is 11.1. The van der Waals surface area contributed by atoms with Gasteiger partial charge in [-0.2, -0.15) is 0 Å². The van der Waals surface area contributed by atoms with Gasteiger partial charge in [0, 0.05) is 18.7 Å². The van der Waals surface area contributed by atoms with E-state index in [-0.39, 0.29) is 12.0 Å². The van der Waals surface area contributed by atoms with Gasteiger partial charge >= 0.3 is 0 Å². The highest BCUT2D eigenvalue weighted by atomic mass is 16.6. The highest BCUT2D eigenvalue weighted by molar-refractivity contribution is 5.95. The van der Waals surface area contributed by atoms with E-state index in [9.17, 15) is 4.79 Å². The topological polar surface area (TPSA) is 55.6 Å². The van der Waals surface area contributed by atoms with Gasteiger partial charge in [-0.3, -0.25) is 9.63 Å². The molecule has 1 aliphatic rings. The first-order valence-electron chi connectivity index (χ1n) is 5.43. The lowest BCUT2D eigenvalue weighted by molar-refractivity contribution is 0.0537. The van der Waals surface area contributed by atoms with Gasteiger partial charge in [0.25, 0.3) is 5.91 Å². The summed E-state index contributed by atoms with van der Waals surface area (Å²) in [6.45, 7) is 3.25. The Bertz CT molecular complexity index is 392. The quantitative estimate of drug-likeness (QED) is 0.759. The van der Waals surface area contributed by atoms with E-state index in [1.54, 1.807) is 4.90 Å². The molecule has 0 spiro atoms. The van der Waals surface area contributed by atoms with E-state index in [2.05, 4.69) is 0 Å². The molecule has 0 aromatic heterocycles. The van der Waals surface area contributed by atoms with Gasteiger partial charge < -0.3 is 4.90 Å².